The number of aromatic amines is 1. The first kappa shape index (κ1) is 18.7. The molecule has 1 aromatic heterocycles. The normalized spacial score (nSPS) is 8.94. The number of rotatable bonds is 4. The SMILES string of the molecule is CNCC=O.COC(C)OC.Nc1cc(O)[nH]n1. The molecule has 106 valence electrons. The van der Waals surface area contributed by atoms with Gasteiger partial charge >= 0.3 is 0 Å². The number of hydrogen-bond donors (Lipinski definition) is 4. The summed E-state index contributed by atoms with van der Waals surface area (Å²) in [5, 5.41) is 16.8. The van der Waals surface area contributed by atoms with Crippen LogP contribution in [0.3, 0.4) is 0 Å². The van der Waals surface area contributed by atoms with Crippen molar-refractivity contribution in [2.75, 3.05) is 33.5 Å². The summed E-state index contributed by atoms with van der Waals surface area (Å²) < 4.78 is 9.35. The van der Waals surface area contributed by atoms with Crippen molar-refractivity contribution in [2.24, 2.45) is 0 Å². The molecular weight excluding hydrogens is 240 g/mol. The minimum absolute atomic E-state index is 0.00231. The van der Waals surface area contributed by atoms with E-state index in [9.17, 15) is 4.79 Å². The van der Waals surface area contributed by atoms with Crippen LogP contribution in [0.15, 0.2) is 6.07 Å². The number of carbonyl (C=O) groups is 1. The van der Waals surface area contributed by atoms with Crippen molar-refractivity contribution < 1.29 is 19.4 Å². The van der Waals surface area contributed by atoms with Crippen LogP contribution in [0.25, 0.3) is 0 Å². The first-order valence-corrected chi connectivity index (χ1v) is 5.15. The molecule has 0 radical (unpaired) electrons. The number of nitrogens with zero attached hydrogens (tertiary/aromatic N) is 1. The lowest BCUT2D eigenvalue weighted by atomic mass is 10.6. The maximum Gasteiger partial charge on any atom is 0.208 e. The van der Waals surface area contributed by atoms with Crippen molar-refractivity contribution in [3.8, 4) is 5.88 Å². The number of likely N-dealkylation sites (N-methyl/N-ethyl adjacent to an activating group) is 1. The lowest BCUT2D eigenvalue weighted by molar-refractivity contribution is -0.107. The van der Waals surface area contributed by atoms with E-state index in [1.54, 1.807) is 21.3 Å². The maximum absolute atomic E-state index is 9.34. The number of nitrogens with two attached hydrogens (primary N) is 1. The van der Waals surface area contributed by atoms with Gasteiger partial charge in [-0.3, -0.25) is 0 Å². The van der Waals surface area contributed by atoms with E-state index in [2.05, 4.69) is 25.0 Å². The van der Waals surface area contributed by atoms with E-state index in [4.69, 9.17) is 10.8 Å². The van der Waals surface area contributed by atoms with E-state index in [1.165, 1.54) is 6.07 Å². The van der Waals surface area contributed by atoms with Crippen molar-refractivity contribution in [2.45, 2.75) is 13.2 Å². The Morgan fingerprint density at radius 1 is 1.61 bits per heavy atom. The lowest BCUT2D eigenvalue weighted by Crippen LogP contribution is -2.07. The van der Waals surface area contributed by atoms with Gasteiger partial charge in [-0.1, -0.05) is 0 Å². The van der Waals surface area contributed by atoms with Crippen LogP contribution in [-0.2, 0) is 14.3 Å². The molecule has 0 saturated carbocycles. The number of hydrogen-bond acceptors (Lipinski definition) is 7. The summed E-state index contributed by atoms with van der Waals surface area (Å²) in [6, 6.07) is 1.33. The van der Waals surface area contributed by atoms with Crippen LogP contribution in [0, 0.1) is 0 Å². The van der Waals surface area contributed by atoms with Gasteiger partial charge in [-0.15, -0.1) is 0 Å². The van der Waals surface area contributed by atoms with E-state index in [0.29, 0.717) is 12.4 Å². The largest absolute Gasteiger partial charge is 0.494 e. The standard InChI is InChI=1S/C4H10O2.C3H5N3O.C3H7NO/c1-4(5-2)6-3;4-2-1-3(7)6-5-2;1-4-2-3-5/h4H,1-3H3;1H,(H4,4,5,6,7);3-4H,2H2,1H3. The molecule has 8 nitrogen and oxygen atoms in total. The molecule has 5 N–H and O–H groups in total. The van der Waals surface area contributed by atoms with Crippen LogP contribution in [0.2, 0.25) is 0 Å². The minimum Gasteiger partial charge on any atom is -0.494 e. The third-order valence-electron chi connectivity index (χ3n) is 1.54. The van der Waals surface area contributed by atoms with E-state index < -0.39 is 0 Å². The molecule has 0 amide bonds. The van der Waals surface area contributed by atoms with Crippen LogP contribution < -0.4 is 11.1 Å². The number of carbonyl (C=O) groups excluding carboxylic acids is 1. The summed E-state index contributed by atoms with van der Waals surface area (Å²) in [4.78, 5) is 9.34. The first-order valence-electron chi connectivity index (χ1n) is 5.15. The van der Waals surface area contributed by atoms with Gasteiger partial charge in [0.1, 0.15) is 12.1 Å². The average Bonchev–Trinajstić information content (AvgIpc) is 2.74. The Morgan fingerprint density at radius 2 is 2.17 bits per heavy atom. The topological polar surface area (TPSA) is 122 Å². The van der Waals surface area contributed by atoms with Gasteiger partial charge in [0.25, 0.3) is 0 Å². The smallest absolute Gasteiger partial charge is 0.208 e. The highest BCUT2D eigenvalue weighted by Gasteiger charge is 1.88. The van der Waals surface area contributed by atoms with Crippen molar-refractivity contribution in [3.63, 3.8) is 0 Å². The lowest BCUT2D eigenvalue weighted by Gasteiger charge is -2.03. The number of anilines is 1. The molecule has 0 aliphatic heterocycles. The highest BCUT2D eigenvalue weighted by Crippen LogP contribution is 2.04. The Morgan fingerprint density at radius 3 is 2.22 bits per heavy atom. The molecule has 8 heteroatoms. The van der Waals surface area contributed by atoms with Gasteiger partial charge in [-0.05, 0) is 14.0 Å². The molecule has 0 atom stereocenters. The number of nitrogen functional groups attached to an aromatic ring is 1. The number of aromatic nitrogens is 2. The zero-order valence-corrected chi connectivity index (χ0v) is 11.1. The molecule has 18 heavy (non-hydrogen) atoms. The maximum atomic E-state index is 9.34. The van der Waals surface area contributed by atoms with Crippen molar-refractivity contribution >= 4 is 12.1 Å². The van der Waals surface area contributed by atoms with Crippen LogP contribution in [0.1, 0.15) is 6.92 Å². The highest BCUT2D eigenvalue weighted by atomic mass is 16.7. The molecule has 1 rings (SSSR count). The Kier molecular flexibility index (Phi) is 14.0. The monoisotopic (exact) mass is 262 g/mol. The van der Waals surface area contributed by atoms with Gasteiger partial charge in [-0.25, -0.2) is 5.10 Å². The van der Waals surface area contributed by atoms with Gasteiger partial charge in [0.05, 0.1) is 6.54 Å². The number of aromatic hydroxyl groups is 1. The van der Waals surface area contributed by atoms with Crippen LogP contribution in [0.5, 0.6) is 5.88 Å². The molecule has 1 aromatic rings. The number of aldehydes is 1. The summed E-state index contributed by atoms with van der Waals surface area (Å²) in [5.74, 6) is 0.301. The molecule has 0 spiro atoms. The van der Waals surface area contributed by atoms with E-state index in [0.717, 1.165) is 6.29 Å². The van der Waals surface area contributed by atoms with Crippen molar-refractivity contribution in [1.82, 2.24) is 15.5 Å². The second-order valence-corrected chi connectivity index (χ2v) is 2.94. The molecule has 0 bridgehead atoms. The Hall–Kier alpha value is -1.64. The van der Waals surface area contributed by atoms with Gasteiger partial charge in [0.2, 0.25) is 5.88 Å². The Labute approximate surface area is 106 Å². The summed E-state index contributed by atoms with van der Waals surface area (Å²) in [6.07, 6.45) is 0.755. The summed E-state index contributed by atoms with van der Waals surface area (Å²) in [7, 11) is 4.94. The summed E-state index contributed by atoms with van der Waals surface area (Å²) >= 11 is 0. The minimum atomic E-state index is -0.0648. The molecule has 0 aliphatic carbocycles. The van der Waals surface area contributed by atoms with Crippen molar-refractivity contribution in [1.29, 1.82) is 0 Å². The number of methoxy groups -OCH3 is 2. The van der Waals surface area contributed by atoms with E-state index >= 15 is 0 Å². The summed E-state index contributed by atoms with van der Waals surface area (Å²) in [5.41, 5.74) is 5.08. The fourth-order valence-electron chi connectivity index (χ4n) is 0.506. The number of nitrogens with one attached hydrogen (secondary N) is 2. The Balaban J connectivity index is 0. The molecular formula is C10H22N4O4. The molecule has 0 fully saturated rings. The molecule has 0 saturated heterocycles. The third-order valence-corrected chi connectivity index (χ3v) is 1.54. The third kappa shape index (κ3) is 14.4. The fraction of sp³-hybridized carbons (Fsp3) is 0.600. The second kappa shape index (κ2) is 13.4. The zero-order chi connectivity index (χ0) is 14.4. The quantitative estimate of drug-likeness (QED) is 0.435. The summed E-state index contributed by atoms with van der Waals surface area (Å²) in [6.45, 7) is 2.29. The van der Waals surface area contributed by atoms with Crippen molar-refractivity contribution in [3.05, 3.63) is 6.07 Å². The second-order valence-electron chi connectivity index (χ2n) is 2.94. The van der Waals surface area contributed by atoms with Gasteiger partial charge in [0, 0.05) is 20.3 Å². The van der Waals surface area contributed by atoms with Crippen LogP contribution >= 0.6 is 0 Å². The van der Waals surface area contributed by atoms with E-state index in [1.807, 2.05) is 6.92 Å². The van der Waals surface area contributed by atoms with Gasteiger partial charge in [-0.2, -0.15) is 5.10 Å². The molecule has 0 aromatic carbocycles. The number of ether oxygens (including phenoxy) is 2. The van der Waals surface area contributed by atoms with Crippen LogP contribution in [-0.4, -0.2) is 55.7 Å². The van der Waals surface area contributed by atoms with Gasteiger partial charge in [0.15, 0.2) is 6.29 Å². The predicted octanol–water partition coefficient (Wildman–Crippen LogP) is -0.273. The first-order chi connectivity index (χ1) is 8.51. The predicted molar refractivity (Wildman–Crippen MR) is 68.1 cm³/mol. The highest BCUT2D eigenvalue weighted by molar-refractivity contribution is 5.51. The van der Waals surface area contributed by atoms with Gasteiger partial charge < -0.3 is 30.4 Å². The molecule has 1 heterocycles. The Bertz CT molecular complexity index is 273. The van der Waals surface area contributed by atoms with E-state index in [-0.39, 0.29) is 12.2 Å². The molecule has 0 unspecified atom stereocenters. The fourth-order valence-corrected chi connectivity index (χ4v) is 0.506. The average molecular weight is 262 g/mol. The van der Waals surface area contributed by atoms with Crippen LogP contribution in [0.4, 0.5) is 5.82 Å². The number of H-pyrrole nitrogens is 1. The zero-order valence-electron chi connectivity index (χ0n) is 11.1. The molecule has 0 aliphatic rings.